The Morgan fingerprint density at radius 1 is 1.31 bits per heavy atom. The third-order valence-electron chi connectivity index (χ3n) is 2.69. The maximum Gasteiger partial charge on any atom is 0.0923 e. The average molecular weight is 218 g/mol. The zero-order valence-electron chi connectivity index (χ0n) is 10.0. The van der Waals surface area contributed by atoms with Crippen molar-refractivity contribution in [3.05, 3.63) is 30.0 Å². The van der Waals surface area contributed by atoms with Crippen molar-refractivity contribution in [3.63, 3.8) is 0 Å². The molecule has 1 aromatic carbocycles. The molecule has 1 heterocycles. The topological polar surface area (TPSA) is 38.0 Å². The van der Waals surface area contributed by atoms with Crippen LogP contribution in [-0.4, -0.2) is 21.0 Å². The summed E-state index contributed by atoms with van der Waals surface area (Å²) in [6.07, 6.45) is 1.63. The van der Waals surface area contributed by atoms with Crippen molar-refractivity contribution in [3.8, 4) is 0 Å². The highest BCUT2D eigenvalue weighted by Gasteiger charge is 2.05. The molecule has 0 saturated heterocycles. The lowest BCUT2D eigenvalue weighted by Crippen LogP contribution is -2.11. The lowest BCUT2D eigenvalue weighted by Gasteiger charge is -2.03. The Morgan fingerprint density at radius 3 is 2.69 bits per heavy atom. The van der Waals surface area contributed by atoms with Crippen LogP contribution in [0.3, 0.4) is 0 Å². The summed E-state index contributed by atoms with van der Waals surface area (Å²) in [7, 11) is 0. The van der Waals surface area contributed by atoms with Crippen LogP contribution in [0.2, 0.25) is 0 Å². The van der Waals surface area contributed by atoms with Crippen LogP contribution >= 0.6 is 0 Å². The molecule has 0 spiro atoms. The molecule has 0 amide bonds. The summed E-state index contributed by atoms with van der Waals surface area (Å²) in [5.74, 6) is 0.532. The molecule has 86 valence electrons. The molecule has 0 unspecified atom stereocenters. The van der Waals surface area contributed by atoms with Crippen molar-refractivity contribution in [1.29, 1.82) is 0 Å². The summed E-state index contributed by atoms with van der Waals surface area (Å²) in [4.78, 5) is 0. The number of nitrogens with zero attached hydrogens (tertiary/aromatic N) is 2. The molecular weight excluding hydrogens is 200 g/mol. The van der Waals surface area contributed by atoms with Gasteiger partial charge in [0.25, 0.3) is 0 Å². The van der Waals surface area contributed by atoms with Gasteiger partial charge < -0.3 is 5.11 Å². The quantitative estimate of drug-likeness (QED) is 0.859. The molecule has 0 aliphatic heterocycles. The Hall–Kier alpha value is -1.35. The van der Waals surface area contributed by atoms with Crippen molar-refractivity contribution in [2.24, 2.45) is 0 Å². The average Bonchev–Trinajstić information content (AvgIpc) is 2.56. The van der Waals surface area contributed by atoms with Gasteiger partial charge in [0.05, 0.1) is 18.2 Å². The van der Waals surface area contributed by atoms with Crippen molar-refractivity contribution >= 4 is 10.9 Å². The highest BCUT2D eigenvalue weighted by Crippen LogP contribution is 2.20. The molecule has 2 rings (SSSR count). The largest absolute Gasteiger partial charge is 0.391 e. The number of aliphatic hydroxyl groups is 1. The fourth-order valence-electron chi connectivity index (χ4n) is 1.82. The Morgan fingerprint density at radius 2 is 2.06 bits per heavy atom. The van der Waals surface area contributed by atoms with Crippen LogP contribution < -0.4 is 0 Å². The van der Waals surface area contributed by atoms with Crippen molar-refractivity contribution in [1.82, 2.24) is 9.78 Å². The molecule has 1 N–H and O–H groups in total. The summed E-state index contributed by atoms with van der Waals surface area (Å²) in [5, 5.41) is 14.9. The van der Waals surface area contributed by atoms with Crippen LogP contribution in [-0.2, 0) is 6.54 Å². The van der Waals surface area contributed by atoms with Crippen LogP contribution in [0.1, 0.15) is 32.3 Å². The van der Waals surface area contributed by atoms with Crippen LogP contribution in [0, 0.1) is 0 Å². The maximum absolute atomic E-state index is 9.31. The van der Waals surface area contributed by atoms with Gasteiger partial charge in [-0.2, -0.15) is 5.10 Å². The molecule has 0 fully saturated rings. The van der Waals surface area contributed by atoms with Gasteiger partial charge in [0, 0.05) is 11.6 Å². The van der Waals surface area contributed by atoms with E-state index in [1.165, 1.54) is 5.56 Å². The third kappa shape index (κ3) is 2.25. The van der Waals surface area contributed by atoms with E-state index in [2.05, 4.69) is 31.1 Å². The number of benzene rings is 1. The highest BCUT2D eigenvalue weighted by atomic mass is 16.3. The van der Waals surface area contributed by atoms with E-state index in [1.54, 1.807) is 11.6 Å². The van der Waals surface area contributed by atoms with Gasteiger partial charge in [0.15, 0.2) is 0 Å². The lowest BCUT2D eigenvalue weighted by molar-refractivity contribution is 0.169. The summed E-state index contributed by atoms with van der Waals surface area (Å²) >= 11 is 0. The molecule has 0 aliphatic rings. The first kappa shape index (κ1) is 11.1. The van der Waals surface area contributed by atoms with E-state index >= 15 is 0 Å². The summed E-state index contributed by atoms with van der Waals surface area (Å²) in [5.41, 5.74) is 2.31. The van der Waals surface area contributed by atoms with Crippen molar-refractivity contribution in [2.45, 2.75) is 39.3 Å². The minimum absolute atomic E-state index is 0.362. The third-order valence-corrected chi connectivity index (χ3v) is 2.69. The van der Waals surface area contributed by atoms with Crippen LogP contribution in [0.4, 0.5) is 0 Å². The van der Waals surface area contributed by atoms with E-state index in [4.69, 9.17) is 0 Å². The zero-order valence-corrected chi connectivity index (χ0v) is 10.0. The first-order chi connectivity index (χ1) is 7.56. The first-order valence-corrected chi connectivity index (χ1v) is 5.71. The number of rotatable bonds is 3. The molecule has 0 saturated carbocycles. The molecular formula is C13H18N2O. The summed E-state index contributed by atoms with van der Waals surface area (Å²) < 4.78 is 1.80. The predicted octanol–water partition coefficient (Wildman–Crippen LogP) is 2.54. The van der Waals surface area contributed by atoms with E-state index in [0.717, 1.165) is 10.9 Å². The van der Waals surface area contributed by atoms with Crippen molar-refractivity contribution in [2.75, 3.05) is 0 Å². The number of aliphatic hydroxyl groups excluding tert-OH is 1. The minimum atomic E-state index is -0.362. The fourth-order valence-corrected chi connectivity index (χ4v) is 1.82. The second-order valence-corrected chi connectivity index (χ2v) is 4.67. The fraction of sp³-hybridized carbons (Fsp3) is 0.462. The Labute approximate surface area is 95.7 Å². The highest BCUT2D eigenvalue weighted by molar-refractivity contribution is 5.78. The van der Waals surface area contributed by atoms with Crippen LogP contribution in [0.5, 0.6) is 0 Å². The van der Waals surface area contributed by atoms with Gasteiger partial charge in [-0.05, 0) is 30.5 Å². The Balaban J connectivity index is 2.38. The normalized spacial score (nSPS) is 13.6. The molecule has 3 heteroatoms. The number of fused-ring (bicyclic) bond motifs is 1. The smallest absolute Gasteiger partial charge is 0.0923 e. The molecule has 3 nitrogen and oxygen atoms in total. The number of aromatic nitrogens is 2. The SMILES string of the molecule is CC(C)c1ccc2nn(C[C@H](C)O)cc2c1. The predicted molar refractivity (Wildman–Crippen MR) is 65.5 cm³/mol. The molecule has 0 radical (unpaired) electrons. The molecule has 0 bridgehead atoms. The molecule has 1 aromatic heterocycles. The molecule has 0 aliphatic carbocycles. The van der Waals surface area contributed by atoms with E-state index in [-0.39, 0.29) is 6.10 Å². The van der Waals surface area contributed by atoms with Gasteiger partial charge >= 0.3 is 0 Å². The molecule has 1 atom stereocenters. The standard InChI is InChI=1S/C13H18N2O/c1-9(2)11-4-5-13-12(6-11)8-15(14-13)7-10(3)16/h4-6,8-10,16H,7H2,1-3H3/t10-/m0/s1. The monoisotopic (exact) mass is 218 g/mol. The number of hydrogen-bond donors (Lipinski definition) is 1. The molecule has 16 heavy (non-hydrogen) atoms. The second kappa shape index (κ2) is 4.26. The number of hydrogen-bond acceptors (Lipinski definition) is 2. The molecule has 2 aromatic rings. The lowest BCUT2D eigenvalue weighted by atomic mass is 10.0. The Kier molecular flexibility index (Phi) is 2.97. The van der Waals surface area contributed by atoms with Gasteiger partial charge in [0.1, 0.15) is 0 Å². The summed E-state index contributed by atoms with van der Waals surface area (Å²) in [6, 6.07) is 6.33. The summed E-state index contributed by atoms with van der Waals surface area (Å²) in [6.45, 7) is 6.68. The van der Waals surface area contributed by atoms with E-state index in [1.807, 2.05) is 12.3 Å². The van der Waals surface area contributed by atoms with Crippen LogP contribution in [0.15, 0.2) is 24.4 Å². The van der Waals surface area contributed by atoms with E-state index in [9.17, 15) is 5.11 Å². The van der Waals surface area contributed by atoms with Gasteiger partial charge in [-0.3, -0.25) is 4.68 Å². The van der Waals surface area contributed by atoms with Crippen LogP contribution in [0.25, 0.3) is 10.9 Å². The maximum atomic E-state index is 9.31. The van der Waals surface area contributed by atoms with Gasteiger partial charge in [-0.1, -0.05) is 19.9 Å². The van der Waals surface area contributed by atoms with Gasteiger partial charge in [-0.25, -0.2) is 0 Å². The zero-order chi connectivity index (χ0) is 11.7. The van der Waals surface area contributed by atoms with E-state index < -0.39 is 0 Å². The van der Waals surface area contributed by atoms with Gasteiger partial charge in [-0.15, -0.1) is 0 Å². The van der Waals surface area contributed by atoms with Gasteiger partial charge in [0.2, 0.25) is 0 Å². The minimum Gasteiger partial charge on any atom is -0.391 e. The van der Waals surface area contributed by atoms with Crippen molar-refractivity contribution < 1.29 is 5.11 Å². The second-order valence-electron chi connectivity index (χ2n) is 4.67. The first-order valence-electron chi connectivity index (χ1n) is 5.71. The Bertz CT molecular complexity index is 486. The van der Waals surface area contributed by atoms with E-state index in [0.29, 0.717) is 12.5 Å².